The first kappa shape index (κ1) is 21.9. The summed E-state index contributed by atoms with van der Waals surface area (Å²) in [6.45, 7) is 8.49. The Morgan fingerprint density at radius 1 is 1.00 bits per heavy atom. The summed E-state index contributed by atoms with van der Waals surface area (Å²) >= 11 is 0. The lowest BCUT2D eigenvalue weighted by Crippen LogP contribution is -2.41. The molecule has 0 spiro atoms. The zero-order valence-electron chi connectivity index (χ0n) is 17.2. The lowest BCUT2D eigenvalue weighted by molar-refractivity contribution is 0.491. The summed E-state index contributed by atoms with van der Waals surface area (Å²) in [5.41, 5.74) is 2.48. The van der Waals surface area contributed by atoms with Crippen LogP contribution >= 0.6 is 0 Å². The van der Waals surface area contributed by atoms with E-state index < -0.39 is 15.6 Å². The molecule has 0 aliphatic heterocycles. The van der Waals surface area contributed by atoms with E-state index in [1.807, 2.05) is 39.0 Å². The molecule has 0 fully saturated rings. The van der Waals surface area contributed by atoms with Crippen LogP contribution in [0.2, 0.25) is 0 Å². The highest BCUT2D eigenvalue weighted by atomic mass is 32.2. The molecular formula is C21H30N4O2S. The molecule has 0 aliphatic carbocycles. The molecule has 0 saturated carbocycles. The van der Waals surface area contributed by atoms with Crippen molar-refractivity contribution >= 4 is 16.0 Å². The summed E-state index contributed by atoms with van der Waals surface area (Å²) in [7, 11) is -1.92. The predicted octanol–water partition coefficient (Wildman–Crippen LogP) is 2.94. The van der Waals surface area contributed by atoms with Gasteiger partial charge in [0.15, 0.2) is 5.96 Å². The first-order valence-corrected chi connectivity index (χ1v) is 10.7. The van der Waals surface area contributed by atoms with Crippen molar-refractivity contribution in [2.75, 3.05) is 7.05 Å². The fourth-order valence-corrected chi connectivity index (χ4v) is 4.44. The van der Waals surface area contributed by atoms with Gasteiger partial charge in [0.25, 0.3) is 0 Å². The van der Waals surface area contributed by atoms with Gasteiger partial charge in [-0.2, -0.15) is 0 Å². The van der Waals surface area contributed by atoms with E-state index in [9.17, 15) is 8.42 Å². The Balaban J connectivity index is 2.07. The zero-order valence-corrected chi connectivity index (χ0v) is 18.0. The first-order chi connectivity index (χ1) is 13.1. The molecule has 7 heteroatoms. The van der Waals surface area contributed by atoms with Gasteiger partial charge in [0.1, 0.15) is 0 Å². The highest BCUT2D eigenvalue weighted by molar-refractivity contribution is 7.89. The number of benzene rings is 2. The molecule has 152 valence electrons. The standard InChI is InChI=1S/C21H30N4O2S/c1-16-9-8-10-17(13-16)14-23-20(22-5)24-15-18-11-6-7-12-19(18)28(26,27)25-21(2,3)4/h6-13,25H,14-15H2,1-5H3,(H2,22,23,24). The number of nitrogens with zero attached hydrogens (tertiary/aromatic N) is 1. The van der Waals surface area contributed by atoms with E-state index in [1.165, 1.54) is 5.56 Å². The summed E-state index contributed by atoms with van der Waals surface area (Å²) in [4.78, 5) is 4.49. The molecule has 0 aliphatic rings. The van der Waals surface area contributed by atoms with E-state index in [4.69, 9.17) is 0 Å². The molecule has 0 heterocycles. The lowest BCUT2D eigenvalue weighted by Gasteiger charge is -2.22. The summed E-state index contributed by atoms with van der Waals surface area (Å²) in [6.07, 6.45) is 0. The highest BCUT2D eigenvalue weighted by Gasteiger charge is 2.24. The Bertz CT molecular complexity index is 931. The van der Waals surface area contributed by atoms with Crippen LogP contribution in [0.5, 0.6) is 0 Å². The van der Waals surface area contributed by atoms with Crippen molar-refractivity contribution in [2.24, 2.45) is 4.99 Å². The SMILES string of the molecule is CN=C(NCc1cccc(C)c1)NCc1ccccc1S(=O)(=O)NC(C)(C)C. The van der Waals surface area contributed by atoms with Crippen LogP contribution in [0.1, 0.15) is 37.5 Å². The number of aryl methyl sites for hydroxylation is 1. The van der Waals surface area contributed by atoms with Crippen LogP contribution in [0.25, 0.3) is 0 Å². The van der Waals surface area contributed by atoms with E-state index in [0.717, 1.165) is 5.56 Å². The van der Waals surface area contributed by atoms with Crippen LogP contribution in [0.15, 0.2) is 58.4 Å². The normalized spacial score (nSPS) is 12.7. The smallest absolute Gasteiger partial charge is 0.241 e. The molecule has 6 nitrogen and oxygen atoms in total. The number of guanidine groups is 1. The Kier molecular flexibility index (Phi) is 7.21. The zero-order chi connectivity index (χ0) is 20.8. The molecule has 28 heavy (non-hydrogen) atoms. The van der Waals surface area contributed by atoms with Crippen LogP contribution in [0, 0.1) is 6.92 Å². The number of hydrogen-bond acceptors (Lipinski definition) is 3. The molecule has 0 amide bonds. The van der Waals surface area contributed by atoms with E-state index in [0.29, 0.717) is 24.6 Å². The molecule has 0 radical (unpaired) electrons. The third-order valence-electron chi connectivity index (χ3n) is 3.92. The van der Waals surface area contributed by atoms with Crippen LogP contribution in [-0.2, 0) is 23.1 Å². The molecule has 2 rings (SSSR count). The first-order valence-electron chi connectivity index (χ1n) is 9.23. The number of rotatable bonds is 6. The molecule has 0 unspecified atom stereocenters. The number of nitrogens with one attached hydrogen (secondary N) is 3. The Hall–Kier alpha value is -2.38. The molecule has 2 aromatic rings. The molecule has 0 atom stereocenters. The Labute approximate surface area is 168 Å². The summed E-state index contributed by atoms with van der Waals surface area (Å²) in [5.74, 6) is 0.609. The average Bonchev–Trinajstić information content (AvgIpc) is 2.60. The number of sulfonamides is 1. The second-order valence-corrected chi connectivity index (χ2v) is 9.38. The van der Waals surface area contributed by atoms with Gasteiger partial charge in [0.2, 0.25) is 10.0 Å². The van der Waals surface area contributed by atoms with Gasteiger partial charge in [-0.15, -0.1) is 0 Å². The second-order valence-electron chi connectivity index (χ2n) is 7.73. The van der Waals surface area contributed by atoms with Crippen molar-refractivity contribution in [2.45, 2.75) is 51.2 Å². The summed E-state index contributed by atoms with van der Waals surface area (Å²) < 4.78 is 28.2. The fourth-order valence-electron chi connectivity index (χ4n) is 2.78. The largest absolute Gasteiger partial charge is 0.352 e. The van der Waals surface area contributed by atoms with Gasteiger partial charge in [-0.05, 0) is 44.9 Å². The maximum Gasteiger partial charge on any atom is 0.241 e. The van der Waals surface area contributed by atoms with E-state index in [-0.39, 0.29) is 4.90 Å². The number of hydrogen-bond donors (Lipinski definition) is 3. The van der Waals surface area contributed by atoms with Crippen LogP contribution in [0.3, 0.4) is 0 Å². The Morgan fingerprint density at radius 2 is 1.68 bits per heavy atom. The third kappa shape index (κ3) is 6.65. The minimum atomic E-state index is -3.61. The average molecular weight is 403 g/mol. The molecule has 0 bridgehead atoms. The van der Waals surface area contributed by atoms with Gasteiger partial charge in [-0.3, -0.25) is 4.99 Å². The van der Waals surface area contributed by atoms with E-state index >= 15 is 0 Å². The van der Waals surface area contributed by atoms with Gasteiger partial charge in [-0.1, -0.05) is 48.0 Å². The van der Waals surface area contributed by atoms with Crippen molar-refractivity contribution in [3.8, 4) is 0 Å². The second kappa shape index (κ2) is 9.21. The number of aliphatic imine (C=N–C) groups is 1. The Morgan fingerprint density at radius 3 is 2.32 bits per heavy atom. The molecule has 2 aromatic carbocycles. The monoisotopic (exact) mass is 402 g/mol. The lowest BCUT2D eigenvalue weighted by atomic mass is 10.1. The van der Waals surface area contributed by atoms with E-state index in [2.05, 4.69) is 39.4 Å². The van der Waals surface area contributed by atoms with Gasteiger partial charge < -0.3 is 10.6 Å². The van der Waals surface area contributed by atoms with Crippen LogP contribution in [0.4, 0.5) is 0 Å². The van der Waals surface area contributed by atoms with Gasteiger partial charge in [0, 0.05) is 25.7 Å². The summed E-state index contributed by atoms with van der Waals surface area (Å²) in [6, 6.07) is 15.2. The quantitative estimate of drug-likeness (QED) is 0.512. The minimum Gasteiger partial charge on any atom is -0.352 e. The topological polar surface area (TPSA) is 82.6 Å². The van der Waals surface area contributed by atoms with Crippen LogP contribution in [-0.4, -0.2) is 27.0 Å². The van der Waals surface area contributed by atoms with Crippen molar-refractivity contribution < 1.29 is 8.42 Å². The van der Waals surface area contributed by atoms with Crippen molar-refractivity contribution in [3.05, 3.63) is 65.2 Å². The van der Waals surface area contributed by atoms with Gasteiger partial charge in [-0.25, -0.2) is 13.1 Å². The minimum absolute atomic E-state index is 0.270. The van der Waals surface area contributed by atoms with Gasteiger partial charge >= 0.3 is 0 Å². The maximum absolute atomic E-state index is 12.7. The van der Waals surface area contributed by atoms with Gasteiger partial charge in [0.05, 0.1) is 4.90 Å². The highest BCUT2D eigenvalue weighted by Crippen LogP contribution is 2.17. The third-order valence-corrected chi connectivity index (χ3v) is 5.77. The van der Waals surface area contributed by atoms with Crippen molar-refractivity contribution in [1.29, 1.82) is 0 Å². The maximum atomic E-state index is 12.7. The molecule has 3 N–H and O–H groups in total. The fraction of sp³-hybridized carbons (Fsp3) is 0.381. The van der Waals surface area contributed by atoms with Crippen molar-refractivity contribution in [3.63, 3.8) is 0 Å². The van der Waals surface area contributed by atoms with Crippen LogP contribution < -0.4 is 15.4 Å². The van der Waals surface area contributed by atoms with E-state index in [1.54, 1.807) is 25.2 Å². The van der Waals surface area contributed by atoms with Crippen molar-refractivity contribution in [1.82, 2.24) is 15.4 Å². The molecule has 0 aromatic heterocycles. The molecule has 0 saturated heterocycles. The molecular weight excluding hydrogens is 372 g/mol. The predicted molar refractivity (Wildman–Crippen MR) is 115 cm³/mol. The summed E-state index contributed by atoms with van der Waals surface area (Å²) in [5, 5.41) is 6.45.